The van der Waals surface area contributed by atoms with Gasteiger partial charge in [-0.05, 0) is 43.5 Å². The third-order valence-electron chi connectivity index (χ3n) is 2.42. The van der Waals surface area contributed by atoms with E-state index in [0.29, 0.717) is 13.0 Å². The Kier molecular flexibility index (Phi) is 6.12. The molecule has 6 heteroatoms. The van der Waals surface area contributed by atoms with E-state index < -0.39 is 0 Å². The molecule has 5 nitrogen and oxygen atoms in total. The van der Waals surface area contributed by atoms with Gasteiger partial charge in [-0.3, -0.25) is 0 Å². The number of esters is 1. The summed E-state index contributed by atoms with van der Waals surface area (Å²) < 4.78 is 4.87. The number of carbonyl (C=O) groups excluding carboxylic acids is 1. The maximum Gasteiger partial charge on any atom is 0.331 e. The van der Waals surface area contributed by atoms with Gasteiger partial charge in [0.1, 0.15) is 0 Å². The Balaban J connectivity index is 2.73. The first-order chi connectivity index (χ1) is 9.06. The lowest BCUT2D eigenvalue weighted by atomic mass is 10.2. The predicted octanol–water partition coefficient (Wildman–Crippen LogP) is 3.96. The first-order valence-electron chi connectivity index (χ1n) is 6.05. The average molecular weight is 279 g/mol. The van der Waals surface area contributed by atoms with Gasteiger partial charge < -0.3 is 4.74 Å². The van der Waals surface area contributed by atoms with E-state index >= 15 is 0 Å². The van der Waals surface area contributed by atoms with Gasteiger partial charge in [0.15, 0.2) is 0 Å². The fourth-order valence-electron chi connectivity index (χ4n) is 1.55. The molecule has 1 aromatic heterocycles. The number of azide groups is 1. The van der Waals surface area contributed by atoms with Crippen molar-refractivity contribution in [2.45, 2.75) is 33.2 Å². The Bertz CT molecular complexity index is 516. The molecule has 0 aliphatic heterocycles. The lowest BCUT2D eigenvalue weighted by Gasteiger charge is -2.01. The first-order valence-corrected chi connectivity index (χ1v) is 6.86. The van der Waals surface area contributed by atoms with Crippen molar-refractivity contribution < 1.29 is 9.53 Å². The number of carbonyl (C=O) groups is 1. The highest BCUT2D eigenvalue weighted by atomic mass is 32.1. The van der Waals surface area contributed by atoms with Crippen LogP contribution in [0.2, 0.25) is 0 Å². The first kappa shape index (κ1) is 15.3. The standard InChI is InChI=1S/C13H17N3O2S/c1-4-18-13(17)7-9(2)12-6-5-11(19-12)8-10(3)15-16-14/h5-7,10H,4,8H2,1-3H3. The van der Waals surface area contributed by atoms with Crippen LogP contribution in [-0.4, -0.2) is 18.6 Å². The fourth-order valence-corrected chi connectivity index (χ4v) is 2.65. The second kappa shape index (κ2) is 7.61. The highest BCUT2D eigenvalue weighted by molar-refractivity contribution is 7.13. The SMILES string of the molecule is CCOC(=O)C=C(C)c1ccc(CC(C)N=[N+]=[N-])s1. The van der Waals surface area contributed by atoms with Crippen LogP contribution in [0.15, 0.2) is 23.3 Å². The van der Waals surface area contributed by atoms with Gasteiger partial charge in [-0.1, -0.05) is 12.0 Å². The summed E-state index contributed by atoms with van der Waals surface area (Å²) in [6, 6.07) is 3.89. The largest absolute Gasteiger partial charge is 0.463 e. The second-order valence-electron chi connectivity index (χ2n) is 4.10. The zero-order valence-corrected chi connectivity index (χ0v) is 12.1. The Hall–Kier alpha value is -1.78. The summed E-state index contributed by atoms with van der Waals surface area (Å²) in [4.78, 5) is 16.3. The van der Waals surface area contributed by atoms with Crippen molar-refractivity contribution in [2.24, 2.45) is 5.11 Å². The van der Waals surface area contributed by atoms with Crippen molar-refractivity contribution in [3.63, 3.8) is 0 Å². The molecule has 0 fully saturated rings. The topological polar surface area (TPSA) is 75.1 Å². The maximum absolute atomic E-state index is 11.3. The molecule has 102 valence electrons. The molecule has 1 heterocycles. The number of allylic oxidation sites excluding steroid dienone is 1. The maximum atomic E-state index is 11.3. The molecule has 0 radical (unpaired) electrons. The van der Waals surface area contributed by atoms with E-state index in [1.54, 1.807) is 18.3 Å². The minimum atomic E-state index is -0.322. The van der Waals surface area contributed by atoms with Crippen molar-refractivity contribution in [3.05, 3.63) is 38.4 Å². The zero-order chi connectivity index (χ0) is 14.3. The van der Waals surface area contributed by atoms with Crippen LogP contribution in [0.3, 0.4) is 0 Å². The van der Waals surface area contributed by atoms with Gasteiger partial charge in [0.25, 0.3) is 0 Å². The summed E-state index contributed by atoms with van der Waals surface area (Å²) in [5, 5.41) is 3.65. The van der Waals surface area contributed by atoms with Crippen LogP contribution in [0.5, 0.6) is 0 Å². The lowest BCUT2D eigenvalue weighted by molar-refractivity contribution is -0.137. The van der Waals surface area contributed by atoms with E-state index in [1.807, 2.05) is 26.0 Å². The van der Waals surface area contributed by atoms with E-state index in [2.05, 4.69) is 10.0 Å². The normalized spacial score (nSPS) is 12.7. The predicted molar refractivity (Wildman–Crippen MR) is 76.9 cm³/mol. The highest BCUT2D eigenvalue weighted by Crippen LogP contribution is 2.25. The van der Waals surface area contributed by atoms with E-state index in [9.17, 15) is 4.79 Å². The molecule has 0 N–H and O–H groups in total. The van der Waals surface area contributed by atoms with Crippen LogP contribution < -0.4 is 0 Å². The van der Waals surface area contributed by atoms with Crippen LogP contribution in [0, 0.1) is 0 Å². The van der Waals surface area contributed by atoms with E-state index in [1.165, 1.54) is 6.08 Å². The van der Waals surface area contributed by atoms with Crippen LogP contribution >= 0.6 is 11.3 Å². The van der Waals surface area contributed by atoms with E-state index in [4.69, 9.17) is 10.3 Å². The fraction of sp³-hybridized carbons (Fsp3) is 0.462. The number of ether oxygens (including phenoxy) is 1. The molecule has 1 atom stereocenters. The van der Waals surface area contributed by atoms with Crippen LogP contribution in [0.4, 0.5) is 0 Å². The molecular formula is C13H17N3O2S. The zero-order valence-electron chi connectivity index (χ0n) is 11.3. The molecule has 19 heavy (non-hydrogen) atoms. The molecule has 0 spiro atoms. The van der Waals surface area contributed by atoms with Crippen molar-refractivity contribution >= 4 is 22.9 Å². The average Bonchev–Trinajstić information content (AvgIpc) is 2.78. The molecule has 0 aliphatic rings. The molecule has 1 unspecified atom stereocenters. The third-order valence-corrected chi connectivity index (χ3v) is 3.66. The number of thiophene rings is 1. The second-order valence-corrected chi connectivity index (χ2v) is 5.27. The Morgan fingerprint density at radius 3 is 3.00 bits per heavy atom. The van der Waals surface area contributed by atoms with Gasteiger partial charge in [-0.25, -0.2) is 4.79 Å². The van der Waals surface area contributed by atoms with E-state index in [-0.39, 0.29) is 12.0 Å². The molecule has 0 aliphatic carbocycles. The van der Waals surface area contributed by atoms with Gasteiger partial charge in [0, 0.05) is 26.8 Å². The van der Waals surface area contributed by atoms with Crippen molar-refractivity contribution in [1.29, 1.82) is 0 Å². The quantitative estimate of drug-likeness (QED) is 0.260. The molecule has 0 bridgehead atoms. The van der Waals surface area contributed by atoms with Crippen LogP contribution in [0.1, 0.15) is 30.5 Å². The molecule has 0 amide bonds. The summed E-state index contributed by atoms with van der Waals surface area (Å²) in [6.45, 7) is 5.91. The number of nitrogens with zero attached hydrogens (tertiary/aromatic N) is 3. The summed E-state index contributed by atoms with van der Waals surface area (Å²) in [5.74, 6) is -0.322. The summed E-state index contributed by atoms with van der Waals surface area (Å²) >= 11 is 1.60. The van der Waals surface area contributed by atoms with Gasteiger partial charge in [0.05, 0.1) is 6.61 Å². The van der Waals surface area contributed by atoms with Gasteiger partial charge in [-0.2, -0.15) is 0 Å². The van der Waals surface area contributed by atoms with Crippen LogP contribution in [0.25, 0.3) is 16.0 Å². The molecule has 1 rings (SSSR count). The Morgan fingerprint density at radius 1 is 1.63 bits per heavy atom. The summed E-state index contributed by atoms with van der Waals surface area (Å²) in [5.41, 5.74) is 9.24. The van der Waals surface area contributed by atoms with Crippen LogP contribution in [-0.2, 0) is 16.0 Å². The van der Waals surface area contributed by atoms with Crippen molar-refractivity contribution in [1.82, 2.24) is 0 Å². The minimum Gasteiger partial charge on any atom is -0.463 e. The number of hydrogen-bond acceptors (Lipinski definition) is 4. The molecule has 0 aromatic carbocycles. The minimum absolute atomic E-state index is 0.0640. The summed E-state index contributed by atoms with van der Waals surface area (Å²) in [7, 11) is 0. The third kappa shape index (κ3) is 5.16. The smallest absolute Gasteiger partial charge is 0.331 e. The van der Waals surface area contributed by atoms with Crippen molar-refractivity contribution in [3.8, 4) is 0 Å². The number of hydrogen-bond donors (Lipinski definition) is 0. The monoisotopic (exact) mass is 279 g/mol. The lowest BCUT2D eigenvalue weighted by Crippen LogP contribution is -2.00. The number of rotatable bonds is 6. The van der Waals surface area contributed by atoms with Gasteiger partial charge >= 0.3 is 5.97 Å². The highest BCUT2D eigenvalue weighted by Gasteiger charge is 2.07. The summed E-state index contributed by atoms with van der Waals surface area (Å²) in [6.07, 6.45) is 2.21. The molecule has 1 aromatic rings. The Labute approximate surface area is 116 Å². The van der Waals surface area contributed by atoms with Gasteiger partial charge in [-0.15, -0.1) is 11.3 Å². The molecule has 0 saturated carbocycles. The Morgan fingerprint density at radius 2 is 2.37 bits per heavy atom. The molecular weight excluding hydrogens is 262 g/mol. The molecule has 0 saturated heterocycles. The van der Waals surface area contributed by atoms with Gasteiger partial charge in [0.2, 0.25) is 0 Å². The van der Waals surface area contributed by atoms with E-state index in [0.717, 1.165) is 15.3 Å². The van der Waals surface area contributed by atoms with Crippen molar-refractivity contribution in [2.75, 3.05) is 6.61 Å².